The van der Waals surface area contributed by atoms with Crippen LogP contribution in [0.5, 0.6) is 5.75 Å². The number of hydrogen-bond acceptors (Lipinski definition) is 3. The van der Waals surface area contributed by atoms with Gasteiger partial charge >= 0.3 is 0 Å². The number of carbonyl (C=O) groups excluding carboxylic acids is 1. The van der Waals surface area contributed by atoms with Crippen LogP contribution < -0.4 is 10.1 Å². The number of benzene rings is 2. The number of aromatic nitrogens is 2. The lowest BCUT2D eigenvalue weighted by Crippen LogP contribution is -2.26. The SMILES string of the molecule is O=C(NCCCOc1ccc(F)cc1)c1ccn(-c2cccc(F)c2)n1. The molecule has 2 aromatic carbocycles. The van der Waals surface area contributed by atoms with Crippen molar-refractivity contribution >= 4 is 5.91 Å². The summed E-state index contributed by atoms with van der Waals surface area (Å²) < 4.78 is 32.9. The monoisotopic (exact) mass is 357 g/mol. The van der Waals surface area contributed by atoms with Gasteiger partial charge in [-0.3, -0.25) is 4.79 Å². The quantitative estimate of drug-likeness (QED) is 0.660. The summed E-state index contributed by atoms with van der Waals surface area (Å²) in [7, 11) is 0. The van der Waals surface area contributed by atoms with Gasteiger partial charge in [-0.05, 0) is 55.0 Å². The van der Waals surface area contributed by atoms with Crippen LogP contribution in [-0.4, -0.2) is 28.8 Å². The predicted molar refractivity (Wildman–Crippen MR) is 92.4 cm³/mol. The van der Waals surface area contributed by atoms with Crippen LogP contribution >= 0.6 is 0 Å². The second-order valence-corrected chi connectivity index (χ2v) is 5.54. The molecule has 26 heavy (non-hydrogen) atoms. The van der Waals surface area contributed by atoms with Crippen molar-refractivity contribution in [1.82, 2.24) is 15.1 Å². The molecule has 134 valence electrons. The largest absolute Gasteiger partial charge is 0.494 e. The smallest absolute Gasteiger partial charge is 0.271 e. The Kier molecular flexibility index (Phi) is 5.58. The fourth-order valence-electron chi connectivity index (χ4n) is 2.29. The van der Waals surface area contributed by atoms with Gasteiger partial charge in [0, 0.05) is 12.7 Å². The zero-order valence-electron chi connectivity index (χ0n) is 13.9. The Morgan fingerprint density at radius 2 is 1.88 bits per heavy atom. The maximum Gasteiger partial charge on any atom is 0.271 e. The lowest BCUT2D eigenvalue weighted by molar-refractivity contribution is 0.0946. The number of halogens is 2. The molecule has 0 saturated heterocycles. The summed E-state index contributed by atoms with van der Waals surface area (Å²) >= 11 is 0. The first-order valence-electron chi connectivity index (χ1n) is 8.10. The van der Waals surface area contributed by atoms with Gasteiger partial charge in [0.2, 0.25) is 0 Å². The third kappa shape index (κ3) is 4.66. The molecule has 0 bridgehead atoms. The van der Waals surface area contributed by atoms with E-state index >= 15 is 0 Å². The molecule has 0 atom stereocenters. The van der Waals surface area contributed by atoms with Crippen LogP contribution in [0.3, 0.4) is 0 Å². The fraction of sp³-hybridized carbons (Fsp3) is 0.158. The van der Waals surface area contributed by atoms with Crippen LogP contribution in [0.4, 0.5) is 8.78 Å². The standard InChI is InChI=1S/C19H17F2N3O2/c20-14-5-7-17(8-6-14)26-12-2-10-22-19(25)18-9-11-24(23-18)16-4-1-3-15(21)13-16/h1,3-9,11,13H,2,10,12H2,(H,22,25). The van der Waals surface area contributed by atoms with E-state index in [-0.39, 0.29) is 23.2 Å². The van der Waals surface area contributed by atoms with Crippen molar-refractivity contribution in [1.29, 1.82) is 0 Å². The number of nitrogens with one attached hydrogen (secondary N) is 1. The van der Waals surface area contributed by atoms with E-state index in [9.17, 15) is 13.6 Å². The van der Waals surface area contributed by atoms with E-state index in [0.717, 1.165) is 0 Å². The van der Waals surface area contributed by atoms with Gasteiger partial charge in [-0.25, -0.2) is 13.5 Å². The zero-order chi connectivity index (χ0) is 18.4. The minimum absolute atomic E-state index is 0.244. The summed E-state index contributed by atoms with van der Waals surface area (Å²) in [4.78, 5) is 12.1. The fourth-order valence-corrected chi connectivity index (χ4v) is 2.29. The highest BCUT2D eigenvalue weighted by Crippen LogP contribution is 2.11. The first-order valence-corrected chi connectivity index (χ1v) is 8.10. The Bertz CT molecular complexity index is 879. The van der Waals surface area contributed by atoms with Crippen LogP contribution in [0.25, 0.3) is 5.69 Å². The molecule has 1 aromatic heterocycles. The van der Waals surface area contributed by atoms with Gasteiger partial charge in [0.15, 0.2) is 5.69 Å². The molecule has 1 amide bonds. The maximum absolute atomic E-state index is 13.2. The van der Waals surface area contributed by atoms with Crippen LogP contribution in [-0.2, 0) is 0 Å². The van der Waals surface area contributed by atoms with Gasteiger partial charge in [-0.2, -0.15) is 5.10 Å². The molecule has 0 spiro atoms. The van der Waals surface area contributed by atoms with Gasteiger partial charge in [-0.1, -0.05) is 6.07 Å². The molecule has 3 rings (SSSR count). The highest BCUT2D eigenvalue weighted by molar-refractivity contribution is 5.92. The molecule has 0 saturated carbocycles. The molecular formula is C19H17F2N3O2. The Morgan fingerprint density at radius 3 is 2.65 bits per heavy atom. The van der Waals surface area contributed by atoms with E-state index in [0.29, 0.717) is 31.0 Å². The van der Waals surface area contributed by atoms with E-state index in [4.69, 9.17) is 4.74 Å². The van der Waals surface area contributed by atoms with Crippen molar-refractivity contribution < 1.29 is 18.3 Å². The summed E-state index contributed by atoms with van der Waals surface area (Å²) in [5, 5.41) is 6.89. The van der Waals surface area contributed by atoms with Crippen molar-refractivity contribution in [3.8, 4) is 11.4 Å². The minimum Gasteiger partial charge on any atom is -0.494 e. The maximum atomic E-state index is 13.2. The molecule has 0 aliphatic carbocycles. The van der Waals surface area contributed by atoms with Crippen molar-refractivity contribution in [3.05, 3.63) is 78.1 Å². The van der Waals surface area contributed by atoms with Crippen molar-refractivity contribution in [3.63, 3.8) is 0 Å². The van der Waals surface area contributed by atoms with Gasteiger partial charge in [0.05, 0.1) is 12.3 Å². The minimum atomic E-state index is -0.370. The second-order valence-electron chi connectivity index (χ2n) is 5.54. The van der Waals surface area contributed by atoms with Gasteiger partial charge in [0.1, 0.15) is 17.4 Å². The number of hydrogen-bond donors (Lipinski definition) is 1. The first-order chi connectivity index (χ1) is 12.6. The average molecular weight is 357 g/mol. The lowest BCUT2D eigenvalue weighted by atomic mass is 10.3. The number of carbonyl (C=O) groups is 1. The van der Waals surface area contributed by atoms with Crippen molar-refractivity contribution in [2.24, 2.45) is 0 Å². The molecule has 7 heteroatoms. The first kappa shape index (κ1) is 17.6. The van der Waals surface area contributed by atoms with Gasteiger partial charge < -0.3 is 10.1 Å². The zero-order valence-corrected chi connectivity index (χ0v) is 13.9. The van der Waals surface area contributed by atoms with Crippen LogP contribution in [0.2, 0.25) is 0 Å². The van der Waals surface area contributed by atoms with E-state index < -0.39 is 0 Å². The highest BCUT2D eigenvalue weighted by Gasteiger charge is 2.10. The lowest BCUT2D eigenvalue weighted by Gasteiger charge is -2.06. The molecule has 0 fully saturated rings. The van der Waals surface area contributed by atoms with Gasteiger partial charge in [-0.15, -0.1) is 0 Å². The van der Waals surface area contributed by atoms with E-state index in [1.54, 1.807) is 36.5 Å². The summed E-state index contributed by atoms with van der Waals surface area (Å²) in [6.45, 7) is 0.802. The summed E-state index contributed by atoms with van der Waals surface area (Å²) in [5.74, 6) is -0.430. The van der Waals surface area contributed by atoms with E-state index in [1.807, 2.05) is 0 Å². The third-order valence-electron chi connectivity index (χ3n) is 3.58. The predicted octanol–water partition coefficient (Wildman–Crippen LogP) is 3.35. The van der Waals surface area contributed by atoms with Gasteiger partial charge in [0.25, 0.3) is 5.91 Å². The molecule has 0 aliphatic heterocycles. The van der Waals surface area contributed by atoms with Crippen LogP contribution in [0.1, 0.15) is 16.9 Å². The summed E-state index contributed by atoms with van der Waals surface area (Å²) in [6.07, 6.45) is 2.19. The van der Waals surface area contributed by atoms with Crippen LogP contribution in [0, 0.1) is 11.6 Å². The number of amides is 1. The molecule has 3 aromatic rings. The average Bonchev–Trinajstić information content (AvgIpc) is 3.13. The van der Waals surface area contributed by atoms with E-state index in [2.05, 4.69) is 10.4 Å². The molecule has 5 nitrogen and oxygen atoms in total. The molecule has 0 unspecified atom stereocenters. The Labute approximate surface area is 149 Å². The molecule has 1 heterocycles. The van der Waals surface area contributed by atoms with E-state index in [1.165, 1.54) is 28.9 Å². The summed E-state index contributed by atoms with van der Waals surface area (Å²) in [6, 6.07) is 13.3. The summed E-state index contributed by atoms with van der Waals surface area (Å²) in [5.41, 5.74) is 0.783. The highest BCUT2D eigenvalue weighted by atomic mass is 19.1. The molecule has 1 N–H and O–H groups in total. The van der Waals surface area contributed by atoms with Crippen molar-refractivity contribution in [2.75, 3.05) is 13.2 Å². The number of nitrogens with zero attached hydrogens (tertiary/aromatic N) is 2. The third-order valence-corrected chi connectivity index (χ3v) is 3.58. The normalized spacial score (nSPS) is 10.5. The van der Waals surface area contributed by atoms with Crippen LogP contribution in [0.15, 0.2) is 60.8 Å². The Hall–Kier alpha value is -3.22. The number of rotatable bonds is 7. The molecule has 0 aliphatic rings. The Morgan fingerprint density at radius 1 is 1.08 bits per heavy atom. The number of ether oxygens (including phenoxy) is 1. The molecular weight excluding hydrogens is 340 g/mol. The Balaban J connectivity index is 1.44. The second kappa shape index (κ2) is 8.24. The topological polar surface area (TPSA) is 56.1 Å². The molecule has 0 radical (unpaired) electrons. The van der Waals surface area contributed by atoms with Crippen molar-refractivity contribution in [2.45, 2.75) is 6.42 Å².